The number of carbonyl (C=O) groups excluding carboxylic acids is 2. The van der Waals surface area contributed by atoms with Crippen LogP contribution >= 0.6 is 0 Å². The van der Waals surface area contributed by atoms with Crippen LogP contribution in [0.5, 0.6) is 5.75 Å². The van der Waals surface area contributed by atoms with E-state index >= 15 is 0 Å². The molecule has 120 valence electrons. The molecule has 0 aliphatic carbocycles. The van der Waals surface area contributed by atoms with Gasteiger partial charge in [0.25, 0.3) is 0 Å². The average Bonchev–Trinajstić information content (AvgIpc) is 2.55. The molecule has 0 spiro atoms. The lowest BCUT2D eigenvalue weighted by Crippen LogP contribution is -2.15. The van der Waals surface area contributed by atoms with Gasteiger partial charge in [0.15, 0.2) is 0 Å². The number of nitrogens with one attached hydrogen (secondary N) is 1. The standard InChI is InChI=1S/C17H17NO5/c1-22-16(20)14-8-7-13(11-15(14)19)18-17(21)23-10-9-12-5-3-2-4-6-12/h2-8,11,19H,9-10H2,1H3,(H,18,21). The van der Waals surface area contributed by atoms with Gasteiger partial charge in [-0.15, -0.1) is 0 Å². The highest BCUT2D eigenvalue weighted by Crippen LogP contribution is 2.22. The van der Waals surface area contributed by atoms with Gasteiger partial charge in [0.1, 0.15) is 11.3 Å². The largest absolute Gasteiger partial charge is 0.507 e. The summed E-state index contributed by atoms with van der Waals surface area (Å²) in [7, 11) is 1.22. The average molecular weight is 315 g/mol. The number of carbonyl (C=O) groups is 2. The van der Waals surface area contributed by atoms with E-state index in [0.717, 1.165) is 5.56 Å². The minimum atomic E-state index is -0.653. The Hall–Kier alpha value is -3.02. The van der Waals surface area contributed by atoms with Crippen molar-refractivity contribution in [1.82, 2.24) is 0 Å². The molecule has 2 N–H and O–H groups in total. The number of aromatic hydroxyl groups is 1. The molecule has 0 unspecified atom stereocenters. The summed E-state index contributed by atoms with van der Waals surface area (Å²) in [5.74, 6) is -0.932. The van der Waals surface area contributed by atoms with Crippen LogP contribution in [0.4, 0.5) is 10.5 Å². The molecule has 6 nitrogen and oxygen atoms in total. The maximum atomic E-state index is 11.7. The van der Waals surface area contributed by atoms with Crippen LogP contribution in [0.1, 0.15) is 15.9 Å². The van der Waals surface area contributed by atoms with Gasteiger partial charge < -0.3 is 14.6 Å². The highest BCUT2D eigenvalue weighted by molar-refractivity contribution is 5.94. The first-order valence-corrected chi connectivity index (χ1v) is 6.99. The molecule has 0 heterocycles. The van der Waals surface area contributed by atoms with Crippen molar-refractivity contribution < 1.29 is 24.2 Å². The molecule has 6 heteroatoms. The summed E-state index contributed by atoms with van der Waals surface area (Å²) in [4.78, 5) is 23.0. The first kappa shape index (κ1) is 16.4. The van der Waals surface area contributed by atoms with Crippen molar-refractivity contribution in [3.8, 4) is 5.75 Å². The number of anilines is 1. The molecule has 0 radical (unpaired) electrons. The number of esters is 1. The van der Waals surface area contributed by atoms with Crippen LogP contribution in [0, 0.1) is 0 Å². The van der Waals surface area contributed by atoms with Gasteiger partial charge in [-0.3, -0.25) is 5.32 Å². The molecule has 0 aliphatic rings. The zero-order chi connectivity index (χ0) is 16.7. The van der Waals surface area contributed by atoms with E-state index in [2.05, 4.69) is 10.1 Å². The number of rotatable bonds is 5. The van der Waals surface area contributed by atoms with Gasteiger partial charge in [-0.2, -0.15) is 0 Å². The van der Waals surface area contributed by atoms with Crippen LogP contribution in [0.2, 0.25) is 0 Å². The van der Waals surface area contributed by atoms with Crippen molar-refractivity contribution in [2.45, 2.75) is 6.42 Å². The van der Waals surface area contributed by atoms with E-state index in [1.54, 1.807) is 0 Å². The first-order valence-electron chi connectivity index (χ1n) is 6.99. The highest BCUT2D eigenvalue weighted by Gasteiger charge is 2.12. The minimum absolute atomic E-state index is 0.0236. The van der Waals surface area contributed by atoms with Crippen LogP contribution in [0.25, 0.3) is 0 Å². The second-order valence-electron chi connectivity index (χ2n) is 4.72. The maximum absolute atomic E-state index is 11.7. The first-order chi connectivity index (χ1) is 11.1. The molecule has 2 rings (SSSR count). The molecule has 0 saturated heterocycles. The summed E-state index contributed by atoms with van der Waals surface area (Å²) in [5.41, 5.74) is 1.41. The van der Waals surface area contributed by atoms with Gasteiger partial charge in [-0.05, 0) is 17.7 Å². The van der Waals surface area contributed by atoms with Crippen molar-refractivity contribution >= 4 is 17.7 Å². The normalized spacial score (nSPS) is 9.96. The Kier molecular flexibility index (Phi) is 5.57. The Morgan fingerprint density at radius 3 is 2.52 bits per heavy atom. The molecule has 0 aliphatic heterocycles. The van der Waals surface area contributed by atoms with Crippen LogP contribution in [0.3, 0.4) is 0 Å². The monoisotopic (exact) mass is 315 g/mol. The lowest BCUT2D eigenvalue weighted by atomic mass is 10.2. The predicted octanol–water partition coefficient (Wildman–Crippen LogP) is 2.97. The van der Waals surface area contributed by atoms with Gasteiger partial charge in [-0.1, -0.05) is 30.3 Å². The molecule has 1 amide bonds. The Morgan fingerprint density at radius 2 is 1.87 bits per heavy atom. The number of hydrogen-bond acceptors (Lipinski definition) is 5. The Bertz CT molecular complexity index is 685. The van der Waals surface area contributed by atoms with E-state index in [-0.39, 0.29) is 17.9 Å². The van der Waals surface area contributed by atoms with Crippen molar-refractivity contribution in [1.29, 1.82) is 0 Å². The third-order valence-corrected chi connectivity index (χ3v) is 3.12. The molecule has 0 aromatic heterocycles. The number of methoxy groups -OCH3 is 1. The molecular formula is C17H17NO5. The van der Waals surface area contributed by atoms with Gasteiger partial charge >= 0.3 is 12.1 Å². The number of hydrogen-bond donors (Lipinski definition) is 2. The van der Waals surface area contributed by atoms with Crippen molar-refractivity contribution in [3.63, 3.8) is 0 Å². The summed E-state index contributed by atoms with van der Waals surface area (Å²) in [6.07, 6.45) is -0.0213. The Morgan fingerprint density at radius 1 is 1.13 bits per heavy atom. The lowest BCUT2D eigenvalue weighted by molar-refractivity contribution is 0.0597. The van der Waals surface area contributed by atoms with E-state index in [0.29, 0.717) is 12.1 Å². The lowest BCUT2D eigenvalue weighted by Gasteiger charge is -2.09. The zero-order valence-electron chi connectivity index (χ0n) is 12.6. The van der Waals surface area contributed by atoms with Gasteiger partial charge in [-0.25, -0.2) is 9.59 Å². The smallest absolute Gasteiger partial charge is 0.411 e. The molecule has 23 heavy (non-hydrogen) atoms. The third kappa shape index (κ3) is 4.74. The molecule has 0 fully saturated rings. The second kappa shape index (κ2) is 7.84. The fraction of sp³-hybridized carbons (Fsp3) is 0.176. The Balaban J connectivity index is 1.85. The van der Waals surface area contributed by atoms with E-state index in [1.165, 1.54) is 25.3 Å². The Labute approximate surface area is 133 Å². The summed E-state index contributed by atoms with van der Waals surface area (Å²) in [5, 5.41) is 12.2. The SMILES string of the molecule is COC(=O)c1ccc(NC(=O)OCCc2ccccc2)cc1O. The predicted molar refractivity (Wildman–Crippen MR) is 84.6 cm³/mol. The molecular weight excluding hydrogens is 298 g/mol. The van der Waals surface area contributed by atoms with Crippen molar-refractivity contribution in [3.05, 3.63) is 59.7 Å². The van der Waals surface area contributed by atoms with E-state index in [9.17, 15) is 14.7 Å². The second-order valence-corrected chi connectivity index (χ2v) is 4.72. The van der Waals surface area contributed by atoms with Gasteiger partial charge in [0, 0.05) is 18.2 Å². The third-order valence-electron chi connectivity index (χ3n) is 3.12. The fourth-order valence-corrected chi connectivity index (χ4v) is 1.95. The zero-order valence-corrected chi connectivity index (χ0v) is 12.6. The van der Waals surface area contributed by atoms with Crippen LogP contribution in [-0.2, 0) is 15.9 Å². The van der Waals surface area contributed by atoms with Crippen LogP contribution in [0.15, 0.2) is 48.5 Å². The highest BCUT2D eigenvalue weighted by atomic mass is 16.5. The number of phenolic OH excluding ortho intramolecular Hbond substituents is 1. The van der Waals surface area contributed by atoms with Crippen LogP contribution < -0.4 is 5.32 Å². The van der Waals surface area contributed by atoms with Crippen molar-refractivity contribution in [2.75, 3.05) is 19.0 Å². The molecule has 2 aromatic rings. The quantitative estimate of drug-likeness (QED) is 0.829. The minimum Gasteiger partial charge on any atom is -0.507 e. The fourth-order valence-electron chi connectivity index (χ4n) is 1.95. The number of benzene rings is 2. The van der Waals surface area contributed by atoms with E-state index < -0.39 is 12.1 Å². The molecule has 2 aromatic carbocycles. The van der Waals surface area contributed by atoms with Crippen molar-refractivity contribution in [2.24, 2.45) is 0 Å². The molecule has 0 saturated carbocycles. The molecule has 0 bridgehead atoms. The van der Waals surface area contributed by atoms with E-state index in [4.69, 9.17) is 4.74 Å². The molecule has 0 atom stereocenters. The summed E-state index contributed by atoms with van der Waals surface area (Å²) >= 11 is 0. The maximum Gasteiger partial charge on any atom is 0.411 e. The van der Waals surface area contributed by atoms with Gasteiger partial charge in [0.2, 0.25) is 0 Å². The number of ether oxygens (including phenoxy) is 2. The summed E-state index contributed by atoms with van der Waals surface area (Å²) in [6, 6.07) is 13.7. The van der Waals surface area contributed by atoms with Crippen LogP contribution in [-0.4, -0.2) is 30.9 Å². The number of phenols is 1. The van der Waals surface area contributed by atoms with E-state index in [1.807, 2.05) is 30.3 Å². The summed E-state index contributed by atoms with van der Waals surface area (Å²) in [6.45, 7) is 0.238. The summed E-state index contributed by atoms with van der Waals surface area (Å²) < 4.78 is 9.59. The number of amides is 1. The topological polar surface area (TPSA) is 84.9 Å². The van der Waals surface area contributed by atoms with Gasteiger partial charge in [0.05, 0.1) is 13.7 Å².